The molecule has 0 aliphatic carbocycles. The first kappa shape index (κ1) is 28.8. The van der Waals surface area contributed by atoms with E-state index in [9.17, 15) is 9.59 Å². The van der Waals surface area contributed by atoms with E-state index in [0.29, 0.717) is 29.4 Å². The summed E-state index contributed by atoms with van der Waals surface area (Å²) in [7, 11) is 3.07. The van der Waals surface area contributed by atoms with E-state index in [1.165, 1.54) is 14.2 Å². The Labute approximate surface area is 225 Å². The summed E-state index contributed by atoms with van der Waals surface area (Å²) >= 11 is 0. The minimum absolute atomic E-state index is 0.112. The first-order chi connectivity index (χ1) is 17.8. The van der Waals surface area contributed by atoms with Gasteiger partial charge in [-0.3, -0.25) is 9.59 Å². The van der Waals surface area contributed by atoms with Gasteiger partial charge in [0.25, 0.3) is 5.91 Å². The fourth-order valence-electron chi connectivity index (χ4n) is 4.19. The predicted octanol–water partition coefficient (Wildman–Crippen LogP) is 5.54. The summed E-state index contributed by atoms with van der Waals surface area (Å²) in [5, 5.41) is 7.85. The summed E-state index contributed by atoms with van der Waals surface area (Å²) in [5.41, 5.74) is 4.12. The van der Waals surface area contributed by atoms with Gasteiger partial charge < -0.3 is 19.7 Å². The van der Waals surface area contributed by atoms with E-state index in [-0.39, 0.29) is 29.7 Å². The van der Waals surface area contributed by atoms with E-state index in [1.54, 1.807) is 27.8 Å². The largest absolute Gasteiger partial charge is 0.497 e. The van der Waals surface area contributed by atoms with Crippen LogP contribution in [0.25, 0.3) is 5.69 Å². The Morgan fingerprint density at radius 1 is 1.00 bits per heavy atom. The predicted molar refractivity (Wildman–Crippen MR) is 151 cm³/mol. The lowest BCUT2D eigenvalue weighted by atomic mass is 9.92. The molecule has 2 amide bonds. The number of anilines is 1. The summed E-state index contributed by atoms with van der Waals surface area (Å²) in [4.78, 5) is 28.4. The molecule has 0 fully saturated rings. The second kappa shape index (κ2) is 11.7. The molecule has 3 aromatic rings. The summed E-state index contributed by atoms with van der Waals surface area (Å²) < 4.78 is 12.4. The number of nitrogens with zero attached hydrogens (tertiary/aromatic N) is 3. The van der Waals surface area contributed by atoms with Gasteiger partial charge in [0.15, 0.2) is 0 Å². The van der Waals surface area contributed by atoms with Gasteiger partial charge in [0.05, 0.1) is 25.6 Å². The highest BCUT2D eigenvalue weighted by Gasteiger charge is 2.25. The summed E-state index contributed by atoms with van der Waals surface area (Å²) in [5.74, 6) is 1.16. The van der Waals surface area contributed by atoms with Crippen LogP contribution < -0.4 is 14.8 Å². The molecule has 0 radical (unpaired) electrons. The number of hydrogen-bond donors (Lipinski definition) is 1. The molecule has 204 valence electrons. The lowest BCUT2D eigenvalue weighted by molar-refractivity contribution is -0.117. The summed E-state index contributed by atoms with van der Waals surface area (Å²) in [6, 6.07) is 13.0. The number of amides is 2. The highest BCUT2D eigenvalue weighted by Crippen LogP contribution is 2.28. The van der Waals surface area contributed by atoms with E-state index in [2.05, 4.69) is 32.2 Å². The van der Waals surface area contributed by atoms with Crippen molar-refractivity contribution < 1.29 is 19.1 Å². The van der Waals surface area contributed by atoms with Gasteiger partial charge in [-0.1, -0.05) is 52.3 Å². The Morgan fingerprint density at radius 2 is 1.63 bits per heavy atom. The van der Waals surface area contributed by atoms with Crippen molar-refractivity contribution in [1.82, 2.24) is 14.7 Å². The quantitative estimate of drug-likeness (QED) is 0.400. The molecule has 0 aliphatic heterocycles. The number of nitrogens with one attached hydrogen (secondary N) is 1. The lowest BCUT2D eigenvalue weighted by Gasteiger charge is -2.24. The smallest absolute Gasteiger partial charge is 0.254 e. The molecular formula is C30H40N4O4. The third-order valence-electron chi connectivity index (χ3n) is 6.13. The third-order valence-corrected chi connectivity index (χ3v) is 6.13. The van der Waals surface area contributed by atoms with Crippen LogP contribution in [-0.2, 0) is 10.2 Å². The summed E-state index contributed by atoms with van der Waals surface area (Å²) in [6.45, 7) is 14.6. The van der Waals surface area contributed by atoms with E-state index < -0.39 is 0 Å². The van der Waals surface area contributed by atoms with Gasteiger partial charge in [0, 0.05) is 29.7 Å². The second-order valence-electron chi connectivity index (χ2n) is 11.1. The fourth-order valence-corrected chi connectivity index (χ4v) is 4.19. The third kappa shape index (κ3) is 6.94. The Morgan fingerprint density at radius 3 is 2.16 bits per heavy atom. The van der Waals surface area contributed by atoms with Crippen LogP contribution in [0.1, 0.15) is 61.8 Å². The number of aryl methyl sites for hydroxylation is 2. The molecule has 38 heavy (non-hydrogen) atoms. The highest BCUT2D eigenvalue weighted by atomic mass is 16.5. The zero-order valence-corrected chi connectivity index (χ0v) is 24.0. The molecule has 0 spiro atoms. The minimum atomic E-state index is -0.305. The summed E-state index contributed by atoms with van der Waals surface area (Å²) in [6.07, 6.45) is 0. The molecule has 0 bridgehead atoms. The van der Waals surface area contributed by atoms with Gasteiger partial charge >= 0.3 is 0 Å². The number of aromatic nitrogens is 2. The zero-order chi connectivity index (χ0) is 28.2. The number of carbonyl (C=O) groups is 2. The highest BCUT2D eigenvalue weighted by molar-refractivity contribution is 5.99. The fraction of sp³-hybridized carbons (Fsp3) is 0.433. The van der Waals surface area contributed by atoms with E-state index in [1.807, 2.05) is 45.9 Å². The number of methoxy groups -OCH3 is 2. The Hall–Kier alpha value is -3.81. The molecule has 1 heterocycles. The average Bonchev–Trinajstić information content (AvgIpc) is 3.26. The van der Waals surface area contributed by atoms with Crippen molar-refractivity contribution in [2.45, 2.75) is 53.9 Å². The van der Waals surface area contributed by atoms with Crippen LogP contribution in [0.5, 0.6) is 11.5 Å². The Bertz CT molecular complexity index is 1280. The number of ether oxygens (including phenoxy) is 2. The van der Waals surface area contributed by atoms with Gasteiger partial charge in [-0.25, -0.2) is 4.68 Å². The molecule has 8 heteroatoms. The minimum Gasteiger partial charge on any atom is -0.497 e. The number of hydrogen-bond acceptors (Lipinski definition) is 5. The molecule has 1 aromatic heterocycles. The van der Waals surface area contributed by atoms with Crippen LogP contribution in [0.15, 0.2) is 42.5 Å². The maximum absolute atomic E-state index is 13.5. The van der Waals surface area contributed by atoms with Crippen molar-refractivity contribution in [3.8, 4) is 17.2 Å². The van der Waals surface area contributed by atoms with Gasteiger partial charge in [-0.05, 0) is 43.5 Å². The van der Waals surface area contributed by atoms with E-state index in [4.69, 9.17) is 14.6 Å². The van der Waals surface area contributed by atoms with Gasteiger partial charge in [0.1, 0.15) is 23.9 Å². The van der Waals surface area contributed by atoms with Crippen LogP contribution in [-0.4, -0.2) is 53.8 Å². The molecule has 0 aliphatic rings. The zero-order valence-electron chi connectivity index (χ0n) is 24.0. The van der Waals surface area contributed by atoms with Crippen molar-refractivity contribution in [3.63, 3.8) is 0 Å². The van der Waals surface area contributed by atoms with Gasteiger partial charge in [0.2, 0.25) is 5.91 Å². The maximum Gasteiger partial charge on any atom is 0.254 e. The molecule has 8 nitrogen and oxygen atoms in total. The van der Waals surface area contributed by atoms with Gasteiger partial charge in [-0.2, -0.15) is 5.10 Å². The molecule has 0 saturated heterocycles. The standard InChI is InChI=1S/C30H40N4O4/c1-19(2)17-33(29(36)22-13-23(37-8)15-24(14-22)38-9)18-28(35)31-27-16-26(30(5,6)7)32-34(27)25-11-10-20(3)12-21(25)4/h10-16,19H,17-18H2,1-9H3,(H,31,35). The molecule has 1 N–H and O–H groups in total. The molecular weight excluding hydrogens is 480 g/mol. The lowest BCUT2D eigenvalue weighted by Crippen LogP contribution is -2.40. The molecule has 0 unspecified atom stereocenters. The Kier molecular flexibility index (Phi) is 8.86. The van der Waals surface area contributed by atoms with E-state index >= 15 is 0 Å². The van der Waals surface area contributed by atoms with Crippen molar-refractivity contribution >= 4 is 17.6 Å². The monoisotopic (exact) mass is 520 g/mol. The Balaban J connectivity index is 1.92. The van der Waals surface area contributed by atoms with Crippen molar-refractivity contribution in [2.24, 2.45) is 5.92 Å². The van der Waals surface area contributed by atoms with Gasteiger partial charge in [-0.15, -0.1) is 0 Å². The number of benzene rings is 2. The average molecular weight is 521 g/mol. The number of carbonyl (C=O) groups excluding carboxylic acids is 2. The normalized spacial score (nSPS) is 11.4. The SMILES string of the molecule is COc1cc(OC)cc(C(=O)N(CC(=O)Nc2cc(C(C)(C)C)nn2-c2ccc(C)cc2C)CC(C)C)c1. The first-order valence-electron chi connectivity index (χ1n) is 12.8. The second-order valence-corrected chi connectivity index (χ2v) is 11.1. The van der Waals surface area contributed by atoms with E-state index in [0.717, 1.165) is 22.5 Å². The van der Waals surface area contributed by atoms with Crippen LogP contribution in [0.4, 0.5) is 5.82 Å². The number of rotatable bonds is 9. The first-order valence-corrected chi connectivity index (χ1v) is 12.8. The molecule has 2 aromatic carbocycles. The molecule has 3 rings (SSSR count). The molecule has 0 saturated carbocycles. The topological polar surface area (TPSA) is 85.7 Å². The van der Waals surface area contributed by atoms with Crippen LogP contribution >= 0.6 is 0 Å². The van der Waals surface area contributed by atoms with Crippen molar-refractivity contribution in [2.75, 3.05) is 32.6 Å². The van der Waals surface area contributed by atoms with Crippen LogP contribution in [0.2, 0.25) is 0 Å². The van der Waals surface area contributed by atoms with Crippen molar-refractivity contribution in [3.05, 3.63) is 64.8 Å². The van der Waals surface area contributed by atoms with Crippen LogP contribution in [0, 0.1) is 19.8 Å². The van der Waals surface area contributed by atoms with Crippen LogP contribution in [0.3, 0.4) is 0 Å². The van der Waals surface area contributed by atoms with Crippen molar-refractivity contribution in [1.29, 1.82) is 0 Å². The maximum atomic E-state index is 13.5. The molecule has 0 atom stereocenters.